The number of phenolic OH excluding ortho intramolecular Hbond substituents is 1. The van der Waals surface area contributed by atoms with E-state index >= 15 is 0 Å². The highest BCUT2D eigenvalue weighted by Gasteiger charge is 2.29. The minimum Gasteiger partial charge on any atom is -0.507 e. The van der Waals surface area contributed by atoms with Crippen molar-refractivity contribution >= 4 is 33.7 Å². The van der Waals surface area contributed by atoms with E-state index in [1.807, 2.05) is 0 Å². The second kappa shape index (κ2) is 7.94. The third-order valence-corrected chi connectivity index (χ3v) is 3.93. The first kappa shape index (κ1) is 18.7. The molecular weight excluding hydrogens is 392 g/mol. The van der Waals surface area contributed by atoms with E-state index in [0.717, 1.165) is 11.6 Å². The van der Waals surface area contributed by atoms with E-state index in [1.165, 1.54) is 12.1 Å². The molecule has 2 rings (SSSR count). The van der Waals surface area contributed by atoms with Crippen LogP contribution < -0.4 is 0 Å². The molecule has 0 heterocycles. The second-order valence-electron chi connectivity index (χ2n) is 4.93. The molecule has 0 aliphatic rings. The van der Waals surface area contributed by atoms with Crippen LogP contribution in [0.3, 0.4) is 0 Å². The summed E-state index contributed by atoms with van der Waals surface area (Å²) in [5.41, 5.74) is -0.459. The SMILES string of the molecule is CCOC(=O)c1c(C(=O)c2ccc(Br)cc2)ccc(O)c1C(=O)OC. The molecule has 0 spiro atoms. The molecule has 0 aliphatic heterocycles. The molecule has 2 aromatic carbocycles. The minimum atomic E-state index is -0.939. The first-order valence-electron chi connectivity index (χ1n) is 7.32. The number of aromatic hydroxyl groups is 1. The van der Waals surface area contributed by atoms with Crippen LogP contribution >= 0.6 is 15.9 Å². The zero-order valence-corrected chi connectivity index (χ0v) is 15.1. The van der Waals surface area contributed by atoms with Gasteiger partial charge in [0.25, 0.3) is 0 Å². The fourth-order valence-electron chi connectivity index (χ4n) is 2.26. The fraction of sp³-hybridized carbons (Fsp3) is 0.167. The Morgan fingerprint density at radius 1 is 1.00 bits per heavy atom. The minimum absolute atomic E-state index is 0.0427. The van der Waals surface area contributed by atoms with Gasteiger partial charge < -0.3 is 14.6 Å². The topological polar surface area (TPSA) is 89.9 Å². The van der Waals surface area contributed by atoms with Crippen molar-refractivity contribution in [1.29, 1.82) is 0 Å². The molecule has 0 radical (unpaired) electrons. The fourth-order valence-corrected chi connectivity index (χ4v) is 2.53. The van der Waals surface area contributed by atoms with Crippen LogP contribution in [0.2, 0.25) is 0 Å². The number of ether oxygens (including phenoxy) is 2. The number of benzene rings is 2. The molecule has 0 aliphatic carbocycles. The number of hydrogen-bond donors (Lipinski definition) is 1. The predicted molar refractivity (Wildman–Crippen MR) is 93.0 cm³/mol. The summed E-state index contributed by atoms with van der Waals surface area (Å²) < 4.78 is 10.4. The standard InChI is InChI=1S/C18H15BrO6/c1-3-25-18(23)14-12(8-9-13(20)15(14)17(22)24-2)16(21)10-4-6-11(19)7-5-10/h4-9,20H,3H2,1-2H3. The van der Waals surface area contributed by atoms with Crippen molar-refractivity contribution in [2.45, 2.75) is 6.92 Å². The van der Waals surface area contributed by atoms with E-state index in [2.05, 4.69) is 20.7 Å². The molecule has 0 amide bonds. The lowest BCUT2D eigenvalue weighted by Gasteiger charge is -2.13. The Morgan fingerprint density at radius 2 is 1.64 bits per heavy atom. The number of rotatable bonds is 5. The summed E-state index contributed by atoms with van der Waals surface area (Å²) in [5, 5.41) is 10.00. The van der Waals surface area contributed by atoms with E-state index in [1.54, 1.807) is 31.2 Å². The molecule has 25 heavy (non-hydrogen) atoms. The zero-order chi connectivity index (χ0) is 18.6. The van der Waals surface area contributed by atoms with Gasteiger partial charge in [-0.25, -0.2) is 9.59 Å². The number of phenols is 1. The van der Waals surface area contributed by atoms with Crippen LogP contribution in [0.25, 0.3) is 0 Å². The molecular formula is C18H15BrO6. The van der Waals surface area contributed by atoms with Gasteiger partial charge in [0.05, 0.1) is 19.3 Å². The van der Waals surface area contributed by atoms with E-state index in [0.29, 0.717) is 5.56 Å². The number of ketones is 1. The number of halogens is 1. The van der Waals surface area contributed by atoms with Crippen molar-refractivity contribution in [3.05, 3.63) is 63.1 Å². The third-order valence-electron chi connectivity index (χ3n) is 3.40. The first-order valence-corrected chi connectivity index (χ1v) is 8.11. The Kier molecular flexibility index (Phi) is 5.93. The van der Waals surface area contributed by atoms with Gasteiger partial charge in [0.1, 0.15) is 11.3 Å². The van der Waals surface area contributed by atoms with Gasteiger partial charge >= 0.3 is 11.9 Å². The summed E-state index contributed by atoms with van der Waals surface area (Å²) in [6.45, 7) is 1.63. The monoisotopic (exact) mass is 406 g/mol. The summed E-state index contributed by atoms with van der Waals surface area (Å²) in [6, 6.07) is 8.95. The number of carbonyl (C=O) groups excluding carboxylic acids is 3. The van der Waals surface area contributed by atoms with Crippen LogP contribution in [0.4, 0.5) is 0 Å². The number of esters is 2. The average Bonchev–Trinajstić information content (AvgIpc) is 2.61. The molecule has 7 heteroatoms. The predicted octanol–water partition coefficient (Wildman–Crippen LogP) is 3.35. The maximum absolute atomic E-state index is 12.8. The molecule has 0 aromatic heterocycles. The molecule has 0 saturated carbocycles. The Hall–Kier alpha value is -2.67. The summed E-state index contributed by atoms with van der Waals surface area (Å²) in [4.78, 5) is 37.2. The molecule has 0 bridgehead atoms. The van der Waals surface area contributed by atoms with Crippen molar-refractivity contribution in [1.82, 2.24) is 0 Å². The second-order valence-corrected chi connectivity index (χ2v) is 5.85. The van der Waals surface area contributed by atoms with Gasteiger partial charge in [0, 0.05) is 15.6 Å². The van der Waals surface area contributed by atoms with Gasteiger partial charge in [-0.05, 0) is 43.3 Å². The Labute approximate surface area is 152 Å². The maximum atomic E-state index is 12.8. The van der Waals surface area contributed by atoms with Crippen LogP contribution in [0.5, 0.6) is 5.75 Å². The summed E-state index contributed by atoms with van der Waals surface area (Å²) in [6.07, 6.45) is 0. The van der Waals surface area contributed by atoms with E-state index in [-0.39, 0.29) is 17.7 Å². The van der Waals surface area contributed by atoms with Gasteiger partial charge in [-0.2, -0.15) is 0 Å². The summed E-state index contributed by atoms with van der Waals surface area (Å²) in [7, 11) is 1.11. The van der Waals surface area contributed by atoms with Crippen LogP contribution in [-0.2, 0) is 9.47 Å². The Balaban J connectivity index is 2.68. The summed E-state index contributed by atoms with van der Waals surface area (Å²) >= 11 is 3.28. The molecule has 1 N–H and O–H groups in total. The van der Waals surface area contributed by atoms with Crippen molar-refractivity contribution in [2.75, 3.05) is 13.7 Å². The molecule has 6 nitrogen and oxygen atoms in total. The van der Waals surface area contributed by atoms with Crippen molar-refractivity contribution in [2.24, 2.45) is 0 Å². The molecule has 0 saturated heterocycles. The van der Waals surface area contributed by atoms with Gasteiger partial charge in [0.2, 0.25) is 0 Å². The largest absolute Gasteiger partial charge is 0.507 e. The quantitative estimate of drug-likeness (QED) is 0.604. The lowest BCUT2D eigenvalue weighted by atomic mass is 9.94. The number of carbonyl (C=O) groups is 3. The highest BCUT2D eigenvalue weighted by atomic mass is 79.9. The lowest BCUT2D eigenvalue weighted by molar-refractivity contribution is 0.0500. The molecule has 0 fully saturated rings. The van der Waals surface area contributed by atoms with E-state index in [9.17, 15) is 19.5 Å². The zero-order valence-electron chi connectivity index (χ0n) is 13.5. The van der Waals surface area contributed by atoms with E-state index in [4.69, 9.17) is 4.74 Å². The number of hydrogen-bond acceptors (Lipinski definition) is 6. The van der Waals surface area contributed by atoms with Crippen LogP contribution in [0, 0.1) is 0 Å². The van der Waals surface area contributed by atoms with Gasteiger partial charge in [-0.15, -0.1) is 0 Å². The lowest BCUT2D eigenvalue weighted by Crippen LogP contribution is -2.18. The highest BCUT2D eigenvalue weighted by Crippen LogP contribution is 2.28. The van der Waals surface area contributed by atoms with Crippen LogP contribution in [0.1, 0.15) is 43.6 Å². The van der Waals surface area contributed by atoms with Crippen molar-refractivity contribution < 1.29 is 29.0 Å². The normalized spacial score (nSPS) is 10.2. The summed E-state index contributed by atoms with van der Waals surface area (Å²) in [5.74, 6) is -2.78. The highest BCUT2D eigenvalue weighted by molar-refractivity contribution is 9.10. The Bertz CT molecular complexity index is 826. The smallest absolute Gasteiger partial charge is 0.342 e. The third kappa shape index (κ3) is 3.88. The molecule has 0 atom stereocenters. The Morgan fingerprint density at radius 3 is 2.20 bits per heavy atom. The van der Waals surface area contributed by atoms with Gasteiger partial charge in [-0.3, -0.25) is 4.79 Å². The molecule has 2 aromatic rings. The molecule has 0 unspecified atom stereocenters. The van der Waals surface area contributed by atoms with Crippen LogP contribution in [0.15, 0.2) is 40.9 Å². The van der Waals surface area contributed by atoms with Gasteiger partial charge in [0.15, 0.2) is 5.78 Å². The first-order chi connectivity index (χ1) is 11.9. The van der Waals surface area contributed by atoms with Crippen molar-refractivity contribution in [3.63, 3.8) is 0 Å². The van der Waals surface area contributed by atoms with Crippen molar-refractivity contribution in [3.8, 4) is 5.75 Å². The number of methoxy groups -OCH3 is 1. The average molecular weight is 407 g/mol. The van der Waals surface area contributed by atoms with Crippen LogP contribution in [-0.4, -0.2) is 36.5 Å². The van der Waals surface area contributed by atoms with Gasteiger partial charge in [-0.1, -0.05) is 15.9 Å². The maximum Gasteiger partial charge on any atom is 0.342 e. The molecule has 130 valence electrons. The van der Waals surface area contributed by atoms with E-state index < -0.39 is 29.0 Å².